The second-order valence-electron chi connectivity index (χ2n) is 5.95. The van der Waals surface area contributed by atoms with Gasteiger partial charge in [-0.2, -0.15) is 0 Å². The van der Waals surface area contributed by atoms with Crippen LogP contribution >= 0.6 is 0 Å². The minimum Gasteiger partial charge on any atom is -0.328 e. The Labute approximate surface area is 139 Å². The second kappa shape index (κ2) is 7.40. The third-order valence-corrected chi connectivity index (χ3v) is 4.23. The molecule has 0 atom stereocenters. The van der Waals surface area contributed by atoms with Crippen LogP contribution in [0.2, 0.25) is 0 Å². The zero-order valence-electron chi connectivity index (χ0n) is 13.3. The molecule has 126 valence electrons. The van der Waals surface area contributed by atoms with Gasteiger partial charge in [0.05, 0.1) is 31.9 Å². The van der Waals surface area contributed by atoms with Gasteiger partial charge in [-0.15, -0.1) is 0 Å². The molecule has 0 unspecified atom stereocenters. The van der Waals surface area contributed by atoms with Crippen LogP contribution in [0.4, 0.5) is 19.3 Å². The van der Waals surface area contributed by atoms with E-state index in [9.17, 15) is 13.6 Å². The number of hydrogen-bond donors (Lipinski definition) is 2. The minimum absolute atomic E-state index is 0.000428. The van der Waals surface area contributed by atoms with Crippen molar-refractivity contribution >= 4 is 11.7 Å². The average Bonchev–Trinajstić information content (AvgIpc) is 2.59. The predicted octanol–water partition coefficient (Wildman–Crippen LogP) is 1.90. The molecule has 0 spiro atoms. The Morgan fingerprint density at radius 3 is 2.46 bits per heavy atom. The van der Waals surface area contributed by atoms with Gasteiger partial charge in [-0.25, -0.2) is 13.6 Å². The summed E-state index contributed by atoms with van der Waals surface area (Å²) >= 11 is 0. The van der Waals surface area contributed by atoms with E-state index in [1.165, 1.54) is 16.5 Å². The number of amides is 2. The number of urea groups is 1. The van der Waals surface area contributed by atoms with Crippen molar-refractivity contribution in [1.82, 2.24) is 4.90 Å². The van der Waals surface area contributed by atoms with Gasteiger partial charge in [0.2, 0.25) is 0 Å². The number of anilines is 1. The molecule has 1 fully saturated rings. The number of quaternary nitrogens is 1. The van der Waals surface area contributed by atoms with Gasteiger partial charge in [-0.05, 0) is 12.1 Å². The fourth-order valence-corrected chi connectivity index (χ4v) is 2.87. The summed E-state index contributed by atoms with van der Waals surface area (Å²) in [6.45, 7) is 3.83. The van der Waals surface area contributed by atoms with E-state index < -0.39 is 11.6 Å². The normalized spacial score (nSPS) is 15.3. The lowest BCUT2D eigenvalue weighted by molar-refractivity contribution is -0.917. The van der Waals surface area contributed by atoms with Crippen molar-refractivity contribution in [2.45, 2.75) is 6.54 Å². The number of halogens is 2. The number of carbonyl (C=O) groups is 1. The minimum atomic E-state index is -0.767. The lowest BCUT2D eigenvalue weighted by atomic mass is 10.2. The van der Waals surface area contributed by atoms with Crippen LogP contribution in [0.3, 0.4) is 0 Å². The summed E-state index contributed by atoms with van der Waals surface area (Å²) in [5, 5.41) is 2.51. The van der Waals surface area contributed by atoms with Crippen molar-refractivity contribution in [2.75, 3.05) is 31.5 Å². The molecule has 1 heterocycles. The maximum absolute atomic E-state index is 13.6. The number of rotatable bonds is 3. The molecule has 0 aliphatic carbocycles. The maximum atomic E-state index is 13.6. The molecule has 0 aromatic heterocycles. The number of piperazine rings is 1. The standard InChI is InChI=1S/C18H19F2N3O/c19-15-6-7-17(16(20)12-15)21-18(24)23-10-8-22(9-11-23)13-14-4-2-1-3-5-14/h1-7,12H,8-11,13H2,(H,21,24)/p+1. The number of nitrogens with zero attached hydrogens (tertiary/aromatic N) is 1. The monoisotopic (exact) mass is 332 g/mol. The molecular weight excluding hydrogens is 312 g/mol. The molecule has 2 N–H and O–H groups in total. The van der Waals surface area contributed by atoms with Crippen LogP contribution in [0.25, 0.3) is 0 Å². The number of hydrogen-bond acceptors (Lipinski definition) is 1. The Morgan fingerprint density at radius 2 is 1.79 bits per heavy atom. The first-order chi connectivity index (χ1) is 11.6. The Kier molecular flexibility index (Phi) is 5.05. The summed E-state index contributed by atoms with van der Waals surface area (Å²) in [5.41, 5.74) is 1.28. The molecule has 1 aliphatic heterocycles. The van der Waals surface area contributed by atoms with Gasteiger partial charge >= 0.3 is 6.03 Å². The van der Waals surface area contributed by atoms with Crippen LogP contribution < -0.4 is 10.2 Å². The van der Waals surface area contributed by atoms with Gasteiger partial charge in [0, 0.05) is 11.6 Å². The highest BCUT2D eigenvalue weighted by Crippen LogP contribution is 2.15. The largest absolute Gasteiger partial charge is 0.328 e. The molecule has 0 bridgehead atoms. The topological polar surface area (TPSA) is 36.8 Å². The fraction of sp³-hybridized carbons (Fsp3) is 0.278. The van der Waals surface area contributed by atoms with E-state index in [1.54, 1.807) is 4.90 Å². The summed E-state index contributed by atoms with van der Waals surface area (Å²) in [6, 6.07) is 13.0. The molecule has 0 saturated carbocycles. The van der Waals surface area contributed by atoms with Crippen molar-refractivity contribution in [3.05, 3.63) is 65.7 Å². The number of nitrogens with one attached hydrogen (secondary N) is 2. The van der Waals surface area contributed by atoms with E-state index >= 15 is 0 Å². The van der Waals surface area contributed by atoms with Gasteiger partial charge in [-0.3, -0.25) is 0 Å². The van der Waals surface area contributed by atoms with Gasteiger partial charge < -0.3 is 15.1 Å². The van der Waals surface area contributed by atoms with Gasteiger partial charge in [0.25, 0.3) is 0 Å². The lowest BCUT2D eigenvalue weighted by Crippen LogP contribution is -3.13. The number of carbonyl (C=O) groups excluding carboxylic acids is 1. The first kappa shape index (κ1) is 16.4. The van der Waals surface area contributed by atoms with Crippen molar-refractivity contribution in [3.8, 4) is 0 Å². The van der Waals surface area contributed by atoms with Crippen molar-refractivity contribution < 1.29 is 18.5 Å². The summed E-state index contributed by atoms with van der Waals surface area (Å²) < 4.78 is 26.5. The molecule has 2 aromatic carbocycles. The Hall–Kier alpha value is -2.47. The van der Waals surface area contributed by atoms with Crippen LogP contribution in [0, 0.1) is 11.6 Å². The van der Waals surface area contributed by atoms with Crippen molar-refractivity contribution in [1.29, 1.82) is 0 Å². The molecule has 3 rings (SSSR count). The first-order valence-corrected chi connectivity index (χ1v) is 8.00. The smallest absolute Gasteiger partial charge is 0.322 e. The molecule has 6 heteroatoms. The van der Waals surface area contributed by atoms with Crippen LogP contribution in [-0.2, 0) is 6.54 Å². The molecule has 2 aromatic rings. The van der Waals surface area contributed by atoms with E-state index in [1.807, 2.05) is 18.2 Å². The zero-order valence-corrected chi connectivity index (χ0v) is 13.3. The molecule has 24 heavy (non-hydrogen) atoms. The molecule has 1 aliphatic rings. The van der Waals surface area contributed by atoms with Crippen LogP contribution in [0.5, 0.6) is 0 Å². The summed E-state index contributed by atoms with van der Waals surface area (Å²) in [6.07, 6.45) is 0. The Bertz CT molecular complexity index is 701. The lowest BCUT2D eigenvalue weighted by Gasteiger charge is -2.32. The highest BCUT2D eigenvalue weighted by atomic mass is 19.1. The molecule has 1 saturated heterocycles. The van der Waals surface area contributed by atoms with E-state index in [4.69, 9.17) is 0 Å². The predicted molar refractivity (Wildman–Crippen MR) is 87.8 cm³/mol. The van der Waals surface area contributed by atoms with Crippen LogP contribution in [0.1, 0.15) is 5.56 Å². The molecule has 4 nitrogen and oxygen atoms in total. The number of benzene rings is 2. The second-order valence-corrected chi connectivity index (χ2v) is 5.95. The van der Waals surface area contributed by atoms with Crippen molar-refractivity contribution in [3.63, 3.8) is 0 Å². The van der Waals surface area contributed by atoms with E-state index in [-0.39, 0.29) is 11.7 Å². The van der Waals surface area contributed by atoms with E-state index in [0.29, 0.717) is 13.1 Å². The highest BCUT2D eigenvalue weighted by Gasteiger charge is 2.24. The van der Waals surface area contributed by atoms with Gasteiger partial charge in [-0.1, -0.05) is 30.3 Å². The quantitative estimate of drug-likeness (QED) is 0.885. The summed E-state index contributed by atoms with van der Waals surface area (Å²) in [5.74, 6) is -1.43. The average molecular weight is 332 g/mol. The fourth-order valence-electron chi connectivity index (χ4n) is 2.87. The SMILES string of the molecule is O=C(Nc1ccc(F)cc1F)N1CC[NH+](Cc2ccccc2)CC1. The highest BCUT2D eigenvalue weighted by molar-refractivity contribution is 5.89. The third kappa shape index (κ3) is 4.08. The van der Waals surface area contributed by atoms with Crippen LogP contribution in [-0.4, -0.2) is 37.1 Å². The third-order valence-electron chi connectivity index (χ3n) is 4.23. The molecule has 0 radical (unpaired) electrons. The molecule has 2 amide bonds. The Balaban J connectivity index is 1.51. The Morgan fingerprint density at radius 1 is 1.08 bits per heavy atom. The van der Waals surface area contributed by atoms with Crippen molar-refractivity contribution in [2.24, 2.45) is 0 Å². The van der Waals surface area contributed by atoms with Crippen LogP contribution in [0.15, 0.2) is 48.5 Å². The summed E-state index contributed by atoms with van der Waals surface area (Å²) in [7, 11) is 0. The maximum Gasteiger partial charge on any atom is 0.322 e. The van der Waals surface area contributed by atoms with Gasteiger partial charge in [0.1, 0.15) is 18.2 Å². The van der Waals surface area contributed by atoms with E-state index in [0.717, 1.165) is 31.8 Å². The summed E-state index contributed by atoms with van der Waals surface area (Å²) in [4.78, 5) is 15.3. The first-order valence-electron chi connectivity index (χ1n) is 8.00. The van der Waals surface area contributed by atoms with E-state index in [2.05, 4.69) is 17.4 Å². The molecular formula is C18H20F2N3O+. The van der Waals surface area contributed by atoms with Gasteiger partial charge in [0.15, 0.2) is 0 Å². The zero-order chi connectivity index (χ0) is 16.9.